The van der Waals surface area contributed by atoms with Gasteiger partial charge in [0, 0.05) is 35.3 Å². The molecule has 1 atom stereocenters. The van der Waals surface area contributed by atoms with Gasteiger partial charge in [-0.05, 0) is 99.9 Å². The minimum absolute atomic E-state index is 0.0293. The van der Waals surface area contributed by atoms with Crippen LogP contribution in [0.2, 0.25) is 5.02 Å². The molecule has 1 unspecified atom stereocenters. The summed E-state index contributed by atoms with van der Waals surface area (Å²) in [5, 5.41) is 5.38. The van der Waals surface area contributed by atoms with Gasteiger partial charge in [-0.25, -0.2) is 4.79 Å². The highest BCUT2D eigenvalue weighted by Crippen LogP contribution is 2.35. The molecule has 1 aliphatic heterocycles. The first-order valence-corrected chi connectivity index (χ1v) is 18.2. The maximum Gasteiger partial charge on any atom is 0.407 e. The molecule has 0 radical (unpaired) electrons. The number of hydrogen-bond donors (Lipinski definition) is 2. The average Bonchev–Trinajstić information content (AvgIpc) is 3.13. The number of alkyl carbamates (subject to hydrolysis) is 1. The van der Waals surface area contributed by atoms with Crippen molar-refractivity contribution in [1.29, 1.82) is 0 Å². The zero-order valence-electron chi connectivity index (χ0n) is 29.8. The third kappa shape index (κ3) is 10.3. The second-order valence-corrected chi connectivity index (χ2v) is 15.0. The largest absolute Gasteiger partial charge is 0.493 e. The van der Waals surface area contributed by atoms with E-state index in [9.17, 15) is 19.2 Å². The Kier molecular flexibility index (Phi) is 12.6. The number of carbonyl (C=O) groups is 4. The molecule has 12 heteroatoms. The second kappa shape index (κ2) is 16.9. The quantitative estimate of drug-likeness (QED) is 0.153. The Morgan fingerprint density at radius 2 is 1.40 bits per heavy atom. The molecule has 0 spiro atoms. The van der Waals surface area contributed by atoms with Crippen molar-refractivity contribution in [3.05, 3.63) is 88.9 Å². The summed E-state index contributed by atoms with van der Waals surface area (Å²) < 4.78 is 44.1. The van der Waals surface area contributed by atoms with Crippen molar-refractivity contribution < 1.29 is 37.4 Å². The van der Waals surface area contributed by atoms with Gasteiger partial charge in [0.25, 0.3) is 11.8 Å². The number of halogens is 3. The Morgan fingerprint density at radius 1 is 0.827 bits per heavy atom. The number of alkyl halides is 2. The minimum Gasteiger partial charge on any atom is -0.493 e. The summed E-state index contributed by atoms with van der Waals surface area (Å²) in [7, 11) is 0. The number of nitrogens with one attached hydrogen (secondary N) is 2. The third-order valence-electron chi connectivity index (χ3n) is 9.39. The number of benzene rings is 3. The molecule has 3 aromatic rings. The first-order chi connectivity index (χ1) is 24.7. The standard InChI is InChI=1S/C40H46ClF2N3O6/c1-39(2,3)52-38(50)44-32-21-23-46(24-22-32)37(49)35(40(42,43)30-15-9-27(10-16-30)28-11-17-31(41)18-12-28)45-36(48)34(47)29-13-19-33(20-14-29)51-25-26-7-5-4-6-8-26/h9-20,26,32,35H,4-8,21-25H2,1-3H3,(H,44,50)(H,45,48). The Bertz CT molecular complexity index is 1700. The number of ketones is 1. The van der Waals surface area contributed by atoms with Crippen LogP contribution in [0.3, 0.4) is 0 Å². The van der Waals surface area contributed by atoms with Crippen molar-refractivity contribution in [2.45, 2.75) is 89.3 Å². The van der Waals surface area contributed by atoms with Crippen LogP contribution in [0.5, 0.6) is 5.75 Å². The van der Waals surface area contributed by atoms with Crippen LogP contribution in [0.15, 0.2) is 72.8 Å². The fraction of sp³-hybridized carbons (Fsp3) is 0.450. The van der Waals surface area contributed by atoms with Gasteiger partial charge in [0.1, 0.15) is 11.4 Å². The first-order valence-electron chi connectivity index (χ1n) is 17.8. The van der Waals surface area contributed by atoms with E-state index in [-0.39, 0.29) is 37.5 Å². The van der Waals surface area contributed by atoms with E-state index in [2.05, 4.69) is 10.6 Å². The highest BCUT2D eigenvalue weighted by molar-refractivity contribution is 6.43. The lowest BCUT2D eigenvalue weighted by Crippen LogP contribution is -2.59. The van der Waals surface area contributed by atoms with E-state index in [4.69, 9.17) is 21.1 Å². The maximum absolute atomic E-state index is 16.5. The monoisotopic (exact) mass is 737 g/mol. The Balaban J connectivity index is 1.31. The summed E-state index contributed by atoms with van der Waals surface area (Å²) in [6.45, 7) is 5.84. The number of rotatable bonds is 11. The summed E-state index contributed by atoms with van der Waals surface area (Å²) in [4.78, 5) is 53.9. The SMILES string of the molecule is CC(C)(C)OC(=O)NC1CCN(C(=O)C(NC(=O)C(=O)c2ccc(OCC3CCCCC3)cc2)C(F)(F)c2ccc(-c3ccc(Cl)cc3)cc2)CC1. The molecule has 3 aromatic carbocycles. The summed E-state index contributed by atoms with van der Waals surface area (Å²) in [5.74, 6) is -6.35. The molecule has 5 rings (SSSR count). The predicted octanol–water partition coefficient (Wildman–Crippen LogP) is 7.94. The topological polar surface area (TPSA) is 114 Å². The number of nitrogens with zero attached hydrogens (tertiary/aromatic N) is 1. The van der Waals surface area contributed by atoms with Crippen molar-refractivity contribution in [1.82, 2.24) is 15.5 Å². The molecule has 2 aliphatic rings. The molecular formula is C40H46ClF2N3O6. The number of ether oxygens (including phenoxy) is 2. The van der Waals surface area contributed by atoms with Gasteiger partial charge in [0.2, 0.25) is 5.78 Å². The molecule has 52 heavy (non-hydrogen) atoms. The van der Waals surface area contributed by atoms with Crippen molar-refractivity contribution >= 4 is 35.3 Å². The van der Waals surface area contributed by atoms with Gasteiger partial charge in [0.15, 0.2) is 6.04 Å². The van der Waals surface area contributed by atoms with Gasteiger partial charge in [-0.3, -0.25) is 14.4 Å². The molecule has 1 heterocycles. The van der Waals surface area contributed by atoms with E-state index in [0.29, 0.717) is 28.9 Å². The van der Waals surface area contributed by atoms with Crippen LogP contribution in [0.1, 0.15) is 81.6 Å². The van der Waals surface area contributed by atoms with Crippen LogP contribution >= 0.6 is 11.6 Å². The van der Waals surface area contributed by atoms with Crippen molar-refractivity contribution in [3.63, 3.8) is 0 Å². The van der Waals surface area contributed by atoms with Gasteiger partial charge >= 0.3 is 12.0 Å². The van der Waals surface area contributed by atoms with Crippen LogP contribution < -0.4 is 15.4 Å². The van der Waals surface area contributed by atoms with E-state index in [1.165, 1.54) is 60.6 Å². The number of piperidine rings is 1. The number of Topliss-reactive ketones (excluding diaryl/α,β-unsaturated/α-hetero) is 1. The molecule has 1 saturated heterocycles. The lowest BCUT2D eigenvalue weighted by atomic mass is 9.90. The van der Waals surface area contributed by atoms with Gasteiger partial charge in [-0.1, -0.05) is 67.3 Å². The second-order valence-electron chi connectivity index (χ2n) is 14.5. The van der Waals surface area contributed by atoms with E-state index in [1.807, 2.05) is 0 Å². The zero-order valence-corrected chi connectivity index (χ0v) is 30.5. The van der Waals surface area contributed by atoms with Gasteiger partial charge in [0.05, 0.1) is 6.61 Å². The lowest BCUT2D eigenvalue weighted by Gasteiger charge is -2.36. The molecule has 2 fully saturated rings. The van der Waals surface area contributed by atoms with Gasteiger partial charge < -0.3 is 25.0 Å². The van der Waals surface area contributed by atoms with Crippen molar-refractivity contribution in [2.75, 3.05) is 19.7 Å². The zero-order chi connectivity index (χ0) is 37.5. The van der Waals surface area contributed by atoms with Crippen LogP contribution in [0.4, 0.5) is 13.6 Å². The summed E-state index contributed by atoms with van der Waals surface area (Å²) in [6.07, 6.45) is 5.75. The first kappa shape index (κ1) is 38.7. The smallest absolute Gasteiger partial charge is 0.407 e. The van der Waals surface area contributed by atoms with Crippen molar-refractivity contribution in [3.8, 4) is 16.9 Å². The summed E-state index contributed by atoms with van der Waals surface area (Å²) in [5.41, 5.74) is 0.144. The van der Waals surface area contributed by atoms with Gasteiger partial charge in [-0.2, -0.15) is 8.78 Å². The van der Waals surface area contributed by atoms with E-state index < -0.39 is 46.8 Å². The molecule has 0 aromatic heterocycles. The number of amides is 3. The van der Waals surface area contributed by atoms with Crippen LogP contribution in [0.25, 0.3) is 11.1 Å². The Hall–Kier alpha value is -4.51. The van der Waals surface area contributed by atoms with E-state index in [0.717, 1.165) is 18.4 Å². The Labute approximate surface area is 308 Å². The van der Waals surface area contributed by atoms with E-state index in [1.54, 1.807) is 57.2 Å². The summed E-state index contributed by atoms with van der Waals surface area (Å²) in [6, 6.07) is 15.5. The Morgan fingerprint density at radius 3 is 1.98 bits per heavy atom. The molecule has 2 N–H and O–H groups in total. The highest BCUT2D eigenvalue weighted by atomic mass is 35.5. The van der Waals surface area contributed by atoms with Crippen LogP contribution in [-0.4, -0.2) is 66.0 Å². The fourth-order valence-electron chi connectivity index (χ4n) is 6.50. The molecule has 278 valence electrons. The molecule has 9 nitrogen and oxygen atoms in total. The summed E-state index contributed by atoms with van der Waals surface area (Å²) >= 11 is 5.99. The normalized spacial score (nSPS) is 16.5. The van der Waals surface area contributed by atoms with Crippen molar-refractivity contribution in [2.24, 2.45) is 5.92 Å². The number of likely N-dealkylation sites (tertiary alicyclic amines) is 1. The average molecular weight is 738 g/mol. The molecule has 0 bridgehead atoms. The molecule has 3 amide bonds. The third-order valence-corrected chi connectivity index (χ3v) is 9.64. The fourth-order valence-corrected chi connectivity index (χ4v) is 6.63. The van der Waals surface area contributed by atoms with Crippen LogP contribution in [-0.2, 0) is 20.2 Å². The predicted molar refractivity (Wildman–Crippen MR) is 195 cm³/mol. The number of hydrogen-bond acceptors (Lipinski definition) is 6. The molecular weight excluding hydrogens is 692 g/mol. The number of carbonyl (C=O) groups excluding carboxylic acids is 4. The van der Waals surface area contributed by atoms with E-state index >= 15 is 8.78 Å². The van der Waals surface area contributed by atoms with Crippen LogP contribution in [0, 0.1) is 5.92 Å². The molecule has 1 aliphatic carbocycles. The highest BCUT2D eigenvalue weighted by Gasteiger charge is 2.49. The molecule has 1 saturated carbocycles. The maximum atomic E-state index is 16.5. The minimum atomic E-state index is -3.91. The lowest BCUT2D eigenvalue weighted by molar-refractivity contribution is -0.149. The van der Waals surface area contributed by atoms with Gasteiger partial charge in [-0.15, -0.1) is 0 Å².